The molecule has 3 atom stereocenters. The Kier molecular flexibility index (Phi) is 6.97. The Morgan fingerprint density at radius 2 is 1.97 bits per heavy atom. The maximum atomic E-state index is 14.0. The molecule has 3 rings (SSSR count). The number of aromatic nitrogens is 2. The highest BCUT2D eigenvalue weighted by Gasteiger charge is 2.33. The van der Waals surface area contributed by atoms with Crippen molar-refractivity contribution >= 4 is 5.91 Å². The molecule has 0 bridgehead atoms. The molecule has 0 spiro atoms. The first-order valence-electron chi connectivity index (χ1n) is 11.1. The molecule has 0 saturated heterocycles. The van der Waals surface area contributed by atoms with Gasteiger partial charge in [0.2, 0.25) is 11.8 Å². The highest BCUT2D eigenvalue weighted by atomic mass is 19.1. The van der Waals surface area contributed by atoms with Gasteiger partial charge in [-0.3, -0.25) is 4.79 Å². The highest BCUT2D eigenvalue weighted by molar-refractivity contribution is 5.81. The lowest BCUT2D eigenvalue weighted by Gasteiger charge is -2.37. The van der Waals surface area contributed by atoms with E-state index >= 15 is 0 Å². The minimum Gasteiger partial charge on any atom is -0.421 e. The van der Waals surface area contributed by atoms with Gasteiger partial charge in [-0.15, -0.1) is 10.2 Å². The molecule has 0 radical (unpaired) electrons. The quantitative estimate of drug-likeness (QED) is 0.624. The number of hydrogen-bond acceptors (Lipinski definition) is 4. The normalized spacial score (nSPS) is 21.8. The van der Waals surface area contributed by atoms with Crippen LogP contribution in [0.25, 0.3) is 11.5 Å². The van der Waals surface area contributed by atoms with E-state index < -0.39 is 5.41 Å². The van der Waals surface area contributed by atoms with Crippen LogP contribution in [0.3, 0.4) is 0 Å². The predicted octanol–water partition coefficient (Wildman–Crippen LogP) is 5.44. The first kappa shape index (κ1) is 23.2. The third-order valence-corrected chi connectivity index (χ3v) is 6.26. The van der Waals surface area contributed by atoms with Crippen LogP contribution in [0.1, 0.15) is 53.9 Å². The van der Waals surface area contributed by atoms with Crippen molar-refractivity contribution in [2.24, 2.45) is 29.1 Å². The van der Waals surface area contributed by atoms with E-state index in [1.807, 2.05) is 20.8 Å². The molecule has 31 heavy (non-hydrogen) atoms. The molecule has 1 N–H and O–H groups in total. The van der Waals surface area contributed by atoms with Crippen LogP contribution in [-0.4, -0.2) is 22.6 Å². The van der Waals surface area contributed by atoms with Crippen LogP contribution in [-0.2, 0) is 11.2 Å². The van der Waals surface area contributed by atoms with E-state index in [4.69, 9.17) is 4.42 Å². The van der Waals surface area contributed by atoms with E-state index in [-0.39, 0.29) is 23.5 Å². The van der Waals surface area contributed by atoms with E-state index in [1.54, 1.807) is 18.2 Å². The Morgan fingerprint density at radius 1 is 1.26 bits per heavy atom. The molecule has 1 aliphatic rings. The Hall–Kier alpha value is -2.50. The first-order chi connectivity index (χ1) is 14.6. The molecule has 1 amide bonds. The molecule has 1 heterocycles. The van der Waals surface area contributed by atoms with Gasteiger partial charge in [-0.25, -0.2) is 4.39 Å². The minimum absolute atomic E-state index is 0.0784. The fourth-order valence-corrected chi connectivity index (χ4v) is 4.27. The van der Waals surface area contributed by atoms with Crippen molar-refractivity contribution < 1.29 is 13.6 Å². The van der Waals surface area contributed by atoms with E-state index in [9.17, 15) is 9.18 Å². The molecule has 3 unspecified atom stereocenters. The summed E-state index contributed by atoms with van der Waals surface area (Å²) in [6.07, 6.45) is 3.93. The number of benzene rings is 1. The second-order valence-electron chi connectivity index (χ2n) is 10.1. The summed E-state index contributed by atoms with van der Waals surface area (Å²) in [7, 11) is 0. The van der Waals surface area contributed by atoms with Crippen LogP contribution in [0.2, 0.25) is 0 Å². The summed E-state index contributed by atoms with van der Waals surface area (Å²) < 4.78 is 19.8. The average Bonchev–Trinajstić information content (AvgIpc) is 3.15. The number of carbonyl (C=O) groups excluding carboxylic acids is 1. The summed E-state index contributed by atoms with van der Waals surface area (Å²) >= 11 is 0. The van der Waals surface area contributed by atoms with Gasteiger partial charge in [0.05, 0.1) is 5.56 Å². The Morgan fingerprint density at radius 3 is 2.61 bits per heavy atom. The summed E-state index contributed by atoms with van der Waals surface area (Å²) in [6.45, 7) is 13.0. The summed E-state index contributed by atoms with van der Waals surface area (Å²) in [5.41, 5.74) is 1.21. The standard InChI is InChI=1S/C25H34FN3O2/c1-15(2)20-12-17(16(3)11-18(20)14-27-24(30)25(4,5)6)13-22-28-29-23(31-22)19-9-7-8-10-21(19)26/h7-11,15,17-18,20H,12-14H2,1-6H3,(H,27,30). The number of hydrogen-bond donors (Lipinski definition) is 1. The highest BCUT2D eigenvalue weighted by Crippen LogP contribution is 2.39. The van der Waals surface area contributed by atoms with E-state index in [2.05, 4.69) is 42.4 Å². The molecule has 1 aliphatic carbocycles. The van der Waals surface area contributed by atoms with Gasteiger partial charge in [-0.05, 0) is 49.1 Å². The van der Waals surface area contributed by atoms with Crippen molar-refractivity contribution in [3.8, 4) is 11.5 Å². The van der Waals surface area contributed by atoms with Gasteiger partial charge in [-0.1, -0.05) is 58.4 Å². The number of carbonyl (C=O) groups is 1. The van der Waals surface area contributed by atoms with Gasteiger partial charge in [0.1, 0.15) is 5.82 Å². The van der Waals surface area contributed by atoms with Crippen molar-refractivity contribution in [1.29, 1.82) is 0 Å². The van der Waals surface area contributed by atoms with Crippen LogP contribution in [0.4, 0.5) is 4.39 Å². The zero-order chi connectivity index (χ0) is 22.8. The summed E-state index contributed by atoms with van der Waals surface area (Å²) in [5, 5.41) is 11.4. The molecule has 0 saturated carbocycles. The van der Waals surface area contributed by atoms with Crippen LogP contribution in [0, 0.1) is 34.9 Å². The molecule has 0 aliphatic heterocycles. The van der Waals surface area contributed by atoms with Crippen LogP contribution >= 0.6 is 0 Å². The molecule has 5 nitrogen and oxygen atoms in total. The molecule has 6 heteroatoms. The number of nitrogens with one attached hydrogen (secondary N) is 1. The molecule has 2 aromatic rings. The molecule has 168 valence electrons. The van der Waals surface area contributed by atoms with E-state index in [0.717, 1.165) is 6.42 Å². The summed E-state index contributed by atoms with van der Waals surface area (Å²) in [5.74, 6) is 1.98. The molecule has 0 fully saturated rings. The maximum Gasteiger partial charge on any atom is 0.250 e. The first-order valence-corrected chi connectivity index (χ1v) is 11.1. The largest absolute Gasteiger partial charge is 0.421 e. The van der Waals surface area contributed by atoms with Crippen LogP contribution in [0.15, 0.2) is 40.3 Å². The second kappa shape index (κ2) is 9.33. The van der Waals surface area contributed by atoms with Crippen molar-refractivity contribution in [2.75, 3.05) is 6.54 Å². The zero-order valence-electron chi connectivity index (χ0n) is 19.4. The third kappa shape index (κ3) is 5.60. The summed E-state index contributed by atoms with van der Waals surface area (Å²) in [4.78, 5) is 12.3. The number of halogens is 1. The van der Waals surface area contributed by atoms with Gasteiger partial charge < -0.3 is 9.73 Å². The minimum atomic E-state index is -0.392. The zero-order valence-corrected chi connectivity index (χ0v) is 19.4. The van der Waals surface area contributed by atoms with Gasteiger partial charge in [0, 0.05) is 18.4 Å². The molecule has 1 aromatic carbocycles. The Balaban J connectivity index is 1.72. The smallest absolute Gasteiger partial charge is 0.250 e. The average molecular weight is 428 g/mol. The molecule has 1 aromatic heterocycles. The van der Waals surface area contributed by atoms with E-state index in [1.165, 1.54) is 11.6 Å². The van der Waals surface area contributed by atoms with Gasteiger partial charge >= 0.3 is 0 Å². The second-order valence-corrected chi connectivity index (χ2v) is 10.1. The number of allylic oxidation sites excluding steroid dienone is 1. The lowest BCUT2D eigenvalue weighted by Crippen LogP contribution is -2.41. The third-order valence-electron chi connectivity index (χ3n) is 6.26. The van der Waals surface area contributed by atoms with E-state index in [0.29, 0.717) is 42.2 Å². The van der Waals surface area contributed by atoms with Gasteiger partial charge in [0.15, 0.2) is 0 Å². The lowest BCUT2D eigenvalue weighted by atomic mass is 9.70. The SMILES string of the molecule is CC1=CC(CNC(=O)C(C)(C)C)C(C(C)C)CC1Cc1nnc(-c2ccccc2F)o1. The van der Waals surface area contributed by atoms with Crippen molar-refractivity contribution in [3.05, 3.63) is 47.6 Å². The monoisotopic (exact) mass is 427 g/mol. The van der Waals surface area contributed by atoms with Gasteiger partial charge in [0.25, 0.3) is 5.89 Å². The molecular formula is C25H34FN3O2. The number of rotatable bonds is 6. The van der Waals surface area contributed by atoms with Crippen LogP contribution < -0.4 is 5.32 Å². The number of amides is 1. The Bertz CT molecular complexity index is 942. The maximum absolute atomic E-state index is 14.0. The summed E-state index contributed by atoms with van der Waals surface area (Å²) in [6, 6.07) is 6.42. The fourth-order valence-electron chi connectivity index (χ4n) is 4.27. The lowest BCUT2D eigenvalue weighted by molar-refractivity contribution is -0.128. The van der Waals surface area contributed by atoms with Crippen LogP contribution in [0.5, 0.6) is 0 Å². The predicted molar refractivity (Wildman–Crippen MR) is 120 cm³/mol. The topological polar surface area (TPSA) is 68.0 Å². The van der Waals surface area contributed by atoms with Crippen molar-refractivity contribution in [1.82, 2.24) is 15.5 Å². The van der Waals surface area contributed by atoms with Crippen molar-refractivity contribution in [2.45, 2.75) is 54.4 Å². The Labute approximate surface area is 184 Å². The number of nitrogens with zero attached hydrogens (tertiary/aromatic N) is 2. The fraction of sp³-hybridized carbons (Fsp3) is 0.560. The van der Waals surface area contributed by atoms with Crippen molar-refractivity contribution in [3.63, 3.8) is 0 Å². The van der Waals surface area contributed by atoms with Gasteiger partial charge in [-0.2, -0.15) is 0 Å². The molecular weight excluding hydrogens is 393 g/mol.